The molecule has 1 unspecified atom stereocenters. The summed E-state index contributed by atoms with van der Waals surface area (Å²) in [5.41, 5.74) is 5.55. The lowest BCUT2D eigenvalue weighted by atomic mass is 9.93. The fraction of sp³-hybridized carbons (Fsp3) is 0.128. The Bertz CT molecular complexity index is 2430. The molecule has 3 heterocycles. The molecule has 0 saturated heterocycles. The number of ether oxygens (including phenoxy) is 1. The van der Waals surface area contributed by atoms with Gasteiger partial charge in [-0.25, -0.2) is 9.79 Å². The molecule has 236 valence electrons. The van der Waals surface area contributed by atoms with Crippen molar-refractivity contribution in [3.8, 4) is 6.07 Å². The summed E-state index contributed by atoms with van der Waals surface area (Å²) in [5, 5.41) is 10.7. The first-order valence-corrected chi connectivity index (χ1v) is 17.5. The highest BCUT2D eigenvalue weighted by molar-refractivity contribution is 7.98. The number of carbonyl (C=O) groups excluding carboxylic acids is 1. The number of aromatic nitrogens is 2. The molecule has 0 spiro atoms. The molecule has 6 aromatic rings. The number of carbonyl (C=O) groups is 1. The maximum absolute atomic E-state index is 14.5. The Morgan fingerprint density at radius 1 is 1.00 bits per heavy atom. The summed E-state index contributed by atoms with van der Waals surface area (Å²) >= 11 is 2.93. The number of nitriles is 1. The highest BCUT2D eigenvalue weighted by atomic mass is 32.2. The van der Waals surface area contributed by atoms with Crippen molar-refractivity contribution in [2.45, 2.75) is 24.4 Å². The topological polar surface area (TPSA) is 89.4 Å². The van der Waals surface area contributed by atoms with Crippen LogP contribution in [0.3, 0.4) is 0 Å². The third kappa shape index (κ3) is 5.70. The predicted molar refractivity (Wildman–Crippen MR) is 191 cm³/mol. The van der Waals surface area contributed by atoms with Crippen molar-refractivity contribution in [3.63, 3.8) is 0 Å². The van der Waals surface area contributed by atoms with Gasteiger partial charge < -0.3 is 9.30 Å². The van der Waals surface area contributed by atoms with Crippen LogP contribution < -0.4 is 14.9 Å². The number of hydrogen-bond donors (Lipinski definition) is 0. The van der Waals surface area contributed by atoms with Crippen molar-refractivity contribution in [3.05, 3.63) is 162 Å². The van der Waals surface area contributed by atoms with E-state index >= 15 is 0 Å². The quantitative estimate of drug-likeness (QED) is 0.136. The Hall–Kier alpha value is -5.43. The van der Waals surface area contributed by atoms with Crippen molar-refractivity contribution in [1.29, 1.82) is 5.26 Å². The molecule has 1 aliphatic heterocycles. The molecule has 0 saturated carbocycles. The maximum atomic E-state index is 14.5. The molecule has 9 heteroatoms. The Morgan fingerprint density at radius 3 is 2.48 bits per heavy atom. The summed E-state index contributed by atoms with van der Waals surface area (Å²) in [5.74, 6) is -0.506. The predicted octanol–water partition coefficient (Wildman–Crippen LogP) is 6.53. The third-order valence-corrected chi connectivity index (χ3v) is 10.1. The number of nitrogens with zero attached hydrogens (tertiary/aromatic N) is 4. The van der Waals surface area contributed by atoms with Crippen LogP contribution in [0.5, 0.6) is 0 Å². The first-order valence-electron chi connectivity index (χ1n) is 15.5. The van der Waals surface area contributed by atoms with Crippen molar-refractivity contribution in [1.82, 2.24) is 9.13 Å². The van der Waals surface area contributed by atoms with E-state index in [0.29, 0.717) is 32.7 Å². The van der Waals surface area contributed by atoms with Gasteiger partial charge in [-0.05, 0) is 54.6 Å². The zero-order valence-electron chi connectivity index (χ0n) is 26.3. The fourth-order valence-electron chi connectivity index (χ4n) is 6.16. The molecule has 7 rings (SSSR count). The molecule has 2 aromatic heterocycles. The van der Waals surface area contributed by atoms with Crippen LogP contribution in [0.1, 0.15) is 40.8 Å². The summed E-state index contributed by atoms with van der Waals surface area (Å²) in [6.07, 6.45) is 5.94. The van der Waals surface area contributed by atoms with Crippen LogP contribution in [-0.2, 0) is 16.1 Å². The maximum Gasteiger partial charge on any atom is 0.338 e. The van der Waals surface area contributed by atoms with Crippen LogP contribution in [0.15, 0.2) is 130 Å². The van der Waals surface area contributed by atoms with E-state index in [1.807, 2.05) is 122 Å². The van der Waals surface area contributed by atoms with Gasteiger partial charge in [0, 0.05) is 39.7 Å². The summed E-state index contributed by atoms with van der Waals surface area (Å²) in [7, 11) is 0. The van der Waals surface area contributed by atoms with Crippen molar-refractivity contribution < 1.29 is 9.53 Å². The average Bonchev–Trinajstić information content (AvgIpc) is 3.64. The Kier molecular flexibility index (Phi) is 8.68. The molecular weight excluding hydrogens is 637 g/mol. The number of thiazole rings is 1. The second-order valence-corrected chi connectivity index (χ2v) is 13.1. The standard InChI is InChI=1S/C39H30N4O3S2/c1-3-46-38(45)34-35(25-11-5-4-6-12-25)41-39-43(36(34)26-17-19-30(47-2)20-18-26)37(44)33(48-39)21-29-24-42(32-16-10-9-15-31(29)32)23-28-14-8-7-13-27(28)22-40/h4-21,24,36H,3,23H2,1-2H3/b33-21+. The Balaban J connectivity index is 1.45. The van der Waals surface area contributed by atoms with Gasteiger partial charge in [0.2, 0.25) is 0 Å². The van der Waals surface area contributed by atoms with Gasteiger partial charge in [-0.2, -0.15) is 5.26 Å². The van der Waals surface area contributed by atoms with E-state index in [1.54, 1.807) is 23.3 Å². The van der Waals surface area contributed by atoms with Gasteiger partial charge in [-0.1, -0.05) is 90.2 Å². The summed E-state index contributed by atoms with van der Waals surface area (Å²) in [6.45, 7) is 2.47. The molecule has 0 bridgehead atoms. The second-order valence-electron chi connectivity index (χ2n) is 11.2. The Labute approximate surface area is 285 Å². The lowest BCUT2D eigenvalue weighted by Crippen LogP contribution is -2.40. The van der Waals surface area contributed by atoms with Crippen molar-refractivity contribution in [2.75, 3.05) is 12.9 Å². The molecule has 0 aliphatic carbocycles. The molecule has 7 nitrogen and oxygen atoms in total. The van der Waals surface area contributed by atoms with Gasteiger partial charge in [-0.3, -0.25) is 9.36 Å². The zero-order valence-corrected chi connectivity index (χ0v) is 27.9. The average molecular weight is 667 g/mol. The summed E-state index contributed by atoms with van der Waals surface area (Å²) in [4.78, 5) is 34.8. The minimum atomic E-state index is -0.739. The number of rotatable bonds is 8. The highest BCUT2D eigenvalue weighted by Gasteiger charge is 2.35. The zero-order chi connectivity index (χ0) is 33.2. The summed E-state index contributed by atoms with van der Waals surface area (Å²) in [6, 6.07) is 34.7. The van der Waals surface area contributed by atoms with Gasteiger partial charge in [0.1, 0.15) is 0 Å². The molecule has 48 heavy (non-hydrogen) atoms. The number of para-hydroxylation sites is 1. The van der Waals surface area contributed by atoms with E-state index in [9.17, 15) is 14.9 Å². The molecule has 0 radical (unpaired) electrons. The lowest BCUT2D eigenvalue weighted by Gasteiger charge is -2.26. The van der Waals surface area contributed by atoms with E-state index in [0.717, 1.165) is 38.1 Å². The molecule has 0 amide bonds. The molecular formula is C39H30N4O3S2. The normalized spacial score (nSPS) is 14.4. The van der Waals surface area contributed by atoms with Gasteiger partial charge in [0.05, 0.1) is 40.1 Å². The van der Waals surface area contributed by atoms with Gasteiger partial charge in [-0.15, -0.1) is 11.8 Å². The van der Waals surface area contributed by atoms with Crippen LogP contribution in [0.2, 0.25) is 0 Å². The van der Waals surface area contributed by atoms with Crippen LogP contribution in [-0.4, -0.2) is 28.0 Å². The third-order valence-electron chi connectivity index (χ3n) is 8.39. The molecule has 0 N–H and O–H groups in total. The molecule has 4 aromatic carbocycles. The Morgan fingerprint density at radius 2 is 1.73 bits per heavy atom. The minimum Gasteiger partial charge on any atom is -0.463 e. The van der Waals surface area contributed by atoms with E-state index < -0.39 is 12.0 Å². The van der Waals surface area contributed by atoms with Crippen molar-refractivity contribution in [2.24, 2.45) is 4.99 Å². The molecule has 1 atom stereocenters. The number of esters is 1. The molecule has 1 aliphatic rings. The fourth-order valence-corrected chi connectivity index (χ4v) is 7.56. The number of benzene rings is 4. The van der Waals surface area contributed by atoms with E-state index in [4.69, 9.17) is 9.73 Å². The van der Waals surface area contributed by atoms with E-state index in [2.05, 4.69) is 10.6 Å². The van der Waals surface area contributed by atoms with Crippen molar-refractivity contribution >= 4 is 51.7 Å². The number of hydrogen-bond acceptors (Lipinski definition) is 7. The lowest BCUT2D eigenvalue weighted by molar-refractivity contribution is -0.138. The number of thioether (sulfide) groups is 1. The van der Waals surface area contributed by atoms with Gasteiger partial charge in [0.15, 0.2) is 4.80 Å². The summed E-state index contributed by atoms with van der Waals surface area (Å²) < 4.78 is 9.84. The first kappa shape index (κ1) is 31.2. The van der Waals surface area contributed by atoms with Crippen LogP contribution >= 0.6 is 23.1 Å². The van der Waals surface area contributed by atoms with Gasteiger partial charge >= 0.3 is 5.97 Å². The smallest absolute Gasteiger partial charge is 0.338 e. The monoisotopic (exact) mass is 666 g/mol. The van der Waals surface area contributed by atoms with Crippen LogP contribution in [0.4, 0.5) is 0 Å². The second kappa shape index (κ2) is 13.4. The van der Waals surface area contributed by atoms with E-state index in [1.165, 1.54) is 11.3 Å². The first-order chi connectivity index (χ1) is 23.5. The largest absolute Gasteiger partial charge is 0.463 e. The van der Waals surface area contributed by atoms with Gasteiger partial charge in [0.25, 0.3) is 5.56 Å². The highest BCUT2D eigenvalue weighted by Crippen LogP contribution is 2.36. The minimum absolute atomic E-state index is 0.190. The van der Waals surface area contributed by atoms with E-state index in [-0.39, 0.29) is 12.2 Å². The number of fused-ring (bicyclic) bond motifs is 2. The SMILES string of the molecule is CCOC(=O)C1=C(c2ccccc2)N=c2s/c(=C/c3cn(Cc4ccccc4C#N)c4ccccc34)c(=O)n2C1c1ccc(SC)cc1. The van der Waals surface area contributed by atoms with Crippen LogP contribution in [0, 0.1) is 11.3 Å². The van der Waals surface area contributed by atoms with Crippen LogP contribution in [0.25, 0.3) is 22.7 Å². The molecule has 0 fully saturated rings.